The Kier molecular flexibility index (Phi) is 5.17. The standard InChI is InChI=1S/C16H20ClN3O4S2/c1-11-16(12(2)20(19-11)14-7-8-25(21,22)10-14)26(23,24)18-9-13-5-3-4-6-15(13)17/h3-6,14,18H,7-10H2,1-2H3/t14-/m1/s1. The maximum Gasteiger partial charge on any atom is 0.244 e. The number of nitrogens with zero attached hydrogens (tertiary/aromatic N) is 2. The molecule has 142 valence electrons. The van der Waals surface area contributed by atoms with E-state index in [9.17, 15) is 16.8 Å². The van der Waals surface area contributed by atoms with Crippen molar-refractivity contribution in [2.75, 3.05) is 11.5 Å². The van der Waals surface area contributed by atoms with Crippen LogP contribution in [-0.2, 0) is 26.4 Å². The lowest BCUT2D eigenvalue weighted by Crippen LogP contribution is -2.24. The van der Waals surface area contributed by atoms with E-state index in [1.165, 1.54) is 4.68 Å². The van der Waals surface area contributed by atoms with E-state index in [4.69, 9.17) is 11.6 Å². The molecule has 26 heavy (non-hydrogen) atoms. The molecule has 0 unspecified atom stereocenters. The topological polar surface area (TPSA) is 98.1 Å². The summed E-state index contributed by atoms with van der Waals surface area (Å²) in [6.07, 6.45) is 0.441. The van der Waals surface area contributed by atoms with Crippen molar-refractivity contribution in [1.29, 1.82) is 0 Å². The van der Waals surface area contributed by atoms with Crippen molar-refractivity contribution in [3.63, 3.8) is 0 Å². The van der Waals surface area contributed by atoms with E-state index in [1.807, 2.05) is 0 Å². The summed E-state index contributed by atoms with van der Waals surface area (Å²) in [4.78, 5) is 0.0915. The lowest BCUT2D eigenvalue weighted by Gasteiger charge is -2.12. The monoisotopic (exact) mass is 417 g/mol. The molecule has 0 spiro atoms. The van der Waals surface area contributed by atoms with Crippen LogP contribution in [0.1, 0.15) is 29.4 Å². The maximum absolute atomic E-state index is 12.8. The van der Waals surface area contributed by atoms with Gasteiger partial charge in [0.15, 0.2) is 9.84 Å². The third-order valence-corrected chi connectivity index (χ3v) is 8.26. The lowest BCUT2D eigenvalue weighted by molar-refractivity contribution is 0.484. The van der Waals surface area contributed by atoms with Gasteiger partial charge in [-0.05, 0) is 31.9 Å². The van der Waals surface area contributed by atoms with Crippen molar-refractivity contribution in [1.82, 2.24) is 14.5 Å². The minimum atomic E-state index is -3.82. The van der Waals surface area contributed by atoms with Gasteiger partial charge in [0, 0.05) is 11.6 Å². The second kappa shape index (κ2) is 6.95. The highest BCUT2D eigenvalue weighted by molar-refractivity contribution is 7.91. The SMILES string of the molecule is Cc1nn([C@@H]2CCS(=O)(=O)C2)c(C)c1S(=O)(=O)NCc1ccccc1Cl. The Morgan fingerprint density at radius 2 is 2.00 bits per heavy atom. The zero-order chi connectivity index (χ0) is 19.1. The molecule has 2 heterocycles. The van der Waals surface area contributed by atoms with Crippen molar-refractivity contribution in [2.45, 2.75) is 37.8 Å². The number of aryl methyl sites for hydroxylation is 1. The van der Waals surface area contributed by atoms with Gasteiger partial charge in [-0.3, -0.25) is 4.68 Å². The Morgan fingerprint density at radius 3 is 2.62 bits per heavy atom. The van der Waals surface area contributed by atoms with Crippen LogP contribution in [0, 0.1) is 13.8 Å². The molecule has 2 aromatic rings. The fourth-order valence-corrected chi connectivity index (χ4v) is 6.54. The Bertz CT molecular complexity index is 1050. The Labute approximate surface area is 158 Å². The summed E-state index contributed by atoms with van der Waals surface area (Å²) in [6.45, 7) is 3.32. The van der Waals surface area contributed by atoms with Gasteiger partial charge in [-0.2, -0.15) is 5.10 Å². The van der Waals surface area contributed by atoms with Crippen LogP contribution in [0.5, 0.6) is 0 Å². The van der Waals surface area contributed by atoms with Gasteiger partial charge < -0.3 is 0 Å². The maximum atomic E-state index is 12.8. The Hall–Kier alpha value is -1.42. The molecule has 0 radical (unpaired) electrons. The molecule has 1 aromatic heterocycles. The van der Waals surface area contributed by atoms with Crippen LogP contribution < -0.4 is 4.72 Å². The number of sulfonamides is 1. The number of hydrogen-bond acceptors (Lipinski definition) is 5. The first-order valence-corrected chi connectivity index (χ1v) is 11.8. The molecular weight excluding hydrogens is 398 g/mol. The van der Waals surface area contributed by atoms with Crippen LogP contribution in [0.25, 0.3) is 0 Å². The molecule has 1 aliphatic rings. The highest BCUT2D eigenvalue weighted by Crippen LogP contribution is 2.29. The summed E-state index contributed by atoms with van der Waals surface area (Å²) in [7, 11) is -6.91. The number of halogens is 1. The first-order chi connectivity index (χ1) is 12.1. The van der Waals surface area contributed by atoms with Crippen LogP contribution >= 0.6 is 11.6 Å². The number of benzene rings is 1. The number of sulfone groups is 1. The van der Waals surface area contributed by atoms with Crippen LogP contribution in [0.3, 0.4) is 0 Å². The Morgan fingerprint density at radius 1 is 1.31 bits per heavy atom. The second-order valence-corrected chi connectivity index (χ2v) is 10.8. The molecule has 0 bridgehead atoms. The van der Waals surface area contributed by atoms with Gasteiger partial charge in [0.1, 0.15) is 4.90 Å². The minimum Gasteiger partial charge on any atom is -0.264 e. The zero-order valence-electron chi connectivity index (χ0n) is 14.4. The summed E-state index contributed by atoms with van der Waals surface area (Å²) < 4.78 is 53.1. The van der Waals surface area contributed by atoms with Crippen molar-refractivity contribution in [3.05, 3.63) is 46.2 Å². The molecule has 1 aliphatic heterocycles. The van der Waals surface area contributed by atoms with Gasteiger partial charge in [0.05, 0.1) is 28.9 Å². The van der Waals surface area contributed by atoms with E-state index in [0.29, 0.717) is 28.4 Å². The summed E-state index contributed by atoms with van der Waals surface area (Å²) in [6, 6.07) is 6.67. The molecule has 0 saturated carbocycles. The number of nitrogens with one attached hydrogen (secondary N) is 1. The van der Waals surface area contributed by atoms with Gasteiger partial charge in [-0.1, -0.05) is 29.8 Å². The molecular formula is C16H20ClN3O4S2. The molecule has 1 aromatic carbocycles. The molecule has 7 nitrogen and oxygen atoms in total. The van der Waals surface area contributed by atoms with Crippen LogP contribution in [0.15, 0.2) is 29.2 Å². The molecule has 1 fully saturated rings. The largest absolute Gasteiger partial charge is 0.264 e. The summed E-state index contributed by atoms with van der Waals surface area (Å²) >= 11 is 6.07. The fourth-order valence-electron chi connectivity index (χ4n) is 3.25. The first kappa shape index (κ1) is 19.3. The summed E-state index contributed by atoms with van der Waals surface area (Å²) in [5.74, 6) is 0.0877. The van der Waals surface area contributed by atoms with Gasteiger partial charge in [0.2, 0.25) is 10.0 Å². The first-order valence-electron chi connectivity index (χ1n) is 8.10. The van der Waals surface area contributed by atoms with Gasteiger partial charge in [0.25, 0.3) is 0 Å². The summed E-state index contributed by atoms with van der Waals surface area (Å²) in [5.41, 5.74) is 1.46. The fraction of sp³-hybridized carbons (Fsp3) is 0.438. The zero-order valence-corrected chi connectivity index (χ0v) is 16.8. The van der Waals surface area contributed by atoms with E-state index >= 15 is 0 Å². The summed E-state index contributed by atoms with van der Waals surface area (Å²) in [5, 5.41) is 4.79. The van der Waals surface area contributed by atoms with Crippen LogP contribution in [0.2, 0.25) is 5.02 Å². The van der Waals surface area contributed by atoms with Crippen molar-refractivity contribution in [2.24, 2.45) is 0 Å². The van der Waals surface area contributed by atoms with Gasteiger partial charge in [-0.25, -0.2) is 21.6 Å². The highest BCUT2D eigenvalue weighted by Gasteiger charge is 2.33. The van der Waals surface area contributed by atoms with E-state index in [0.717, 1.165) is 0 Å². The highest BCUT2D eigenvalue weighted by atomic mass is 35.5. The predicted octanol–water partition coefficient (Wildman–Crippen LogP) is 1.99. The average molecular weight is 418 g/mol. The average Bonchev–Trinajstić information content (AvgIpc) is 3.05. The van der Waals surface area contributed by atoms with Crippen molar-refractivity contribution in [3.8, 4) is 0 Å². The Balaban J connectivity index is 1.87. The number of aromatic nitrogens is 2. The van der Waals surface area contributed by atoms with Gasteiger partial charge in [-0.15, -0.1) is 0 Å². The van der Waals surface area contributed by atoms with E-state index in [-0.39, 0.29) is 29.0 Å². The van der Waals surface area contributed by atoms with Gasteiger partial charge >= 0.3 is 0 Å². The molecule has 3 rings (SSSR count). The van der Waals surface area contributed by atoms with Crippen LogP contribution in [0.4, 0.5) is 0 Å². The number of hydrogen-bond donors (Lipinski definition) is 1. The lowest BCUT2D eigenvalue weighted by atomic mass is 10.2. The van der Waals surface area contributed by atoms with E-state index in [1.54, 1.807) is 38.1 Å². The predicted molar refractivity (Wildman–Crippen MR) is 99.5 cm³/mol. The third-order valence-electron chi connectivity index (χ3n) is 4.49. The molecule has 0 aliphatic carbocycles. The van der Waals surface area contributed by atoms with E-state index in [2.05, 4.69) is 9.82 Å². The van der Waals surface area contributed by atoms with E-state index < -0.39 is 19.9 Å². The quantitative estimate of drug-likeness (QED) is 0.802. The molecule has 10 heteroatoms. The number of rotatable bonds is 5. The van der Waals surface area contributed by atoms with Crippen LogP contribution in [-0.4, -0.2) is 38.1 Å². The normalized spacial score (nSPS) is 19.7. The minimum absolute atomic E-state index is 0.0124. The van der Waals surface area contributed by atoms with Crippen molar-refractivity contribution < 1.29 is 16.8 Å². The molecule has 1 saturated heterocycles. The molecule has 1 N–H and O–H groups in total. The van der Waals surface area contributed by atoms with Crippen molar-refractivity contribution >= 4 is 31.5 Å². The molecule has 0 amide bonds. The third kappa shape index (κ3) is 3.80. The second-order valence-electron chi connectivity index (χ2n) is 6.42. The molecule has 1 atom stereocenters. The smallest absolute Gasteiger partial charge is 0.244 e.